The molecule has 0 saturated heterocycles. The number of nitrogens with one attached hydrogen (secondary N) is 1. The zero-order valence-electron chi connectivity index (χ0n) is 9.57. The van der Waals surface area contributed by atoms with Gasteiger partial charge < -0.3 is 16.3 Å². The molecular formula is C11H14BrN3O2. The number of nitrogens with two attached hydrogens (primary N) is 1. The lowest BCUT2D eigenvalue weighted by atomic mass is 10.1. The highest BCUT2D eigenvalue weighted by Crippen LogP contribution is 2.15. The standard InChI is InChI=1S/C11H14BrN3O2/c1-6-5-8(12)3-4-9(6)11(16)14-7(2)10(13)15-17/h3-5,7,17H,1-2H3,(H2,13,15)(H,14,16). The normalized spacial score (nSPS) is 13.2. The van der Waals surface area contributed by atoms with E-state index in [0.29, 0.717) is 5.56 Å². The Labute approximate surface area is 108 Å². The maximum absolute atomic E-state index is 11.9. The molecule has 0 aliphatic rings. The molecule has 1 unspecified atom stereocenters. The summed E-state index contributed by atoms with van der Waals surface area (Å²) in [5, 5.41) is 14.0. The Morgan fingerprint density at radius 2 is 2.24 bits per heavy atom. The van der Waals surface area contributed by atoms with Crippen LogP contribution in [0.15, 0.2) is 27.8 Å². The van der Waals surface area contributed by atoms with Gasteiger partial charge in [-0.05, 0) is 37.6 Å². The Bertz CT molecular complexity index is 460. The zero-order valence-corrected chi connectivity index (χ0v) is 11.2. The molecule has 0 radical (unpaired) electrons. The highest BCUT2D eigenvalue weighted by Gasteiger charge is 2.14. The van der Waals surface area contributed by atoms with Crippen LogP contribution in [0, 0.1) is 6.92 Å². The lowest BCUT2D eigenvalue weighted by Crippen LogP contribution is -2.42. The number of aryl methyl sites for hydroxylation is 1. The number of rotatable bonds is 3. The van der Waals surface area contributed by atoms with E-state index in [-0.39, 0.29) is 11.7 Å². The number of amidine groups is 1. The van der Waals surface area contributed by atoms with Crippen molar-refractivity contribution in [3.63, 3.8) is 0 Å². The minimum atomic E-state index is -0.518. The fourth-order valence-corrected chi connectivity index (χ4v) is 1.79. The van der Waals surface area contributed by atoms with Gasteiger partial charge in [-0.3, -0.25) is 4.79 Å². The third-order valence-corrected chi connectivity index (χ3v) is 2.83. The molecule has 0 heterocycles. The fourth-order valence-electron chi connectivity index (χ4n) is 1.32. The molecule has 92 valence electrons. The molecule has 6 heteroatoms. The first-order chi connectivity index (χ1) is 7.95. The van der Waals surface area contributed by atoms with Crippen molar-refractivity contribution in [3.05, 3.63) is 33.8 Å². The van der Waals surface area contributed by atoms with Crippen molar-refractivity contribution in [2.24, 2.45) is 10.9 Å². The van der Waals surface area contributed by atoms with Crippen LogP contribution in [0.1, 0.15) is 22.8 Å². The topological polar surface area (TPSA) is 87.7 Å². The van der Waals surface area contributed by atoms with Crippen molar-refractivity contribution >= 4 is 27.7 Å². The lowest BCUT2D eigenvalue weighted by molar-refractivity contribution is 0.0948. The van der Waals surface area contributed by atoms with Crippen LogP contribution in [-0.4, -0.2) is 23.0 Å². The third-order valence-electron chi connectivity index (χ3n) is 2.34. The lowest BCUT2D eigenvalue weighted by Gasteiger charge is -2.13. The molecule has 1 aromatic carbocycles. The Kier molecular flexibility index (Phi) is 4.51. The number of halogens is 1. The van der Waals surface area contributed by atoms with Crippen molar-refractivity contribution in [1.82, 2.24) is 5.32 Å². The van der Waals surface area contributed by atoms with Crippen LogP contribution in [0.4, 0.5) is 0 Å². The molecule has 0 aromatic heterocycles. The number of hydrogen-bond donors (Lipinski definition) is 3. The van der Waals surface area contributed by atoms with Gasteiger partial charge in [-0.15, -0.1) is 0 Å². The second-order valence-electron chi connectivity index (χ2n) is 3.68. The van der Waals surface area contributed by atoms with Crippen molar-refractivity contribution in [2.45, 2.75) is 19.9 Å². The van der Waals surface area contributed by atoms with Crippen LogP contribution in [0.25, 0.3) is 0 Å². The Morgan fingerprint density at radius 3 is 2.76 bits per heavy atom. The van der Waals surface area contributed by atoms with Crippen LogP contribution < -0.4 is 11.1 Å². The minimum Gasteiger partial charge on any atom is -0.409 e. The summed E-state index contributed by atoms with van der Waals surface area (Å²) >= 11 is 3.33. The van der Waals surface area contributed by atoms with Gasteiger partial charge in [-0.25, -0.2) is 0 Å². The van der Waals surface area contributed by atoms with Gasteiger partial charge in [-0.1, -0.05) is 21.1 Å². The average molecular weight is 300 g/mol. The molecule has 0 fully saturated rings. The average Bonchev–Trinajstić information content (AvgIpc) is 2.27. The zero-order chi connectivity index (χ0) is 13.0. The molecule has 1 atom stereocenters. The van der Waals surface area contributed by atoms with Crippen molar-refractivity contribution in [3.8, 4) is 0 Å². The number of oxime groups is 1. The van der Waals surface area contributed by atoms with E-state index in [4.69, 9.17) is 10.9 Å². The summed E-state index contributed by atoms with van der Waals surface area (Å²) in [6.07, 6.45) is 0. The Hall–Kier alpha value is -1.56. The summed E-state index contributed by atoms with van der Waals surface area (Å²) in [4.78, 5) is 11.9. The first-order valence-electron chi connectivity index (χ1n) is 5.00. The first-order valence-corrected chi connectivity index (χ1v) is 5.79. The Balaban J connectivity index is 2.84. The third kappa shape index (κ3) is 3.45. The number of carbonyl (C=O) groups is 1. The smallest absolute Gasteiger partial charge is 0.252 e. The summed E-state index contributed by atoms with van der Waals surface area (Å²) in [5.41, 5.74) is 6.79. The van der Waals surface area contributed by atoms with E-state index in [1.165, 1.54) is 0 Å². The SMILES string of the molecule is Cc1cc(Br)ccc1C(=O)NC(C)/C(N)=N/O. The Morgan fingerprint density at radius 1 is 1.59 bits per heavy atom. The highest BCUT2D eigenvalue weighted by atomic mass is 79.9. The molecule has 1 rings (SSSR count). The molecule has 1 amide bonds. The van der Waals surface area contributed by atoms with Gasteiger partial charge in [0.05, 0.1) is 6.04 Å². The van der Waals surface area contributed by atoms with E-state index in [0.717, 1.165) is 10.0 Å². The summed E-state index contributed by atoms with van der Waals surface area (Å²) in [7, 11) is 0. The van der Waals surface area contributed by atoms with Gasteiger partial charge in [0, 0.05) is 10.0 Å². The number of amides is 1. The maximum Gasteiger partial charge on any atom is 0.252 e. The van der Waals surface area contributed by atoms with Gasteiger partial charge in [-0.2, -0.15) is 0 Å². The van der Waals surface area contributed by atoms with Crippen LogP contribution in [0.2, 0.25) is 0 Å². The van der Waals surface area contributed by atoms with Crippen LogP contribution in [0.3, 0.4) is 0 Å². The molecule has 1 aromatic rings. The van der Waals surface area contributed by atoms with Crippen molar-refractivity contribution in [1.29, 1.82) is 0 Å². The van der Waals surface area contributed by atoms with Gasteiger partial charge >= 0.3 is 0 Å². The predicted octanol–water partition coefficient (Wildman–Crippen LogP) is 1.62. The van der Waals surface area contributed by atoms with Crippen molar-refractivity contribution in [2.75, 3.05) is 0 Å². The van der Waals surface area contributed by atoms with E-state index in [9.17, 15) is 4.79 Å². The number of benzene rings is 1. The van der Waals surface area contributed by atoms with Crippen molar-refractivity contribution < 1.29 is 10.0 Å². The molecule has 0 aliphatic carbocycles. The quantitative estimate of drug-likeness (QED) is 0.343. The molecule has 4 N–H and O–H groups in total. The fraction of sp³-hybridized carbons (Fsp3) is 0.273. The largest absolute Gasteiger partial charge is 0.409 e. The maximum atomic E-state index is 11.9. The number of nitrogens with zero attached hydrogens (tertiary/aromatic N) is 1. The van der Waals surface area contributed by atoms with E-state index in [2.05, 4.69) is 26.4 Å². The molecule has 0 spiro atoms. The van der Waals surface area contributed by atoms with Crippen LogP contribution in [0.5, 0.6) is 0 Å². The number of hydrogen-bond acceptors (Lipinski definition) is 3. The van der Waals surface area contributed by atoms with E-state index in [1.807, 2.05) is 13.0 Å². The second kappa shape index (κ2) is 5.67. The van der Waals surface area contributed by atoms with Gasteiger partial charge in [0.15, 0.2) is 5.84 Å². The number of carbonyl (C=O) groups excluding carboxylic acids is 1. The molecule has 0 aliphatic heterocycles. The van der Waals surface area contributed by atoms with E-state index >= 15 is 0 Å². The van der Waals surface area contributed by atoms with E-state index in [1.54, 1.807) is 19.1 Å². The second-order valence-corrected chi connectivity index (χ2v) is 4.59. The highest BCUT2D eigenvalue weighted by molar-refractivity contribution is 9.10. The van der Waals surface area contributed by atoms with E-state index < -0.39 is 6.04 Å². The minimum absolute atomic E-state index is 0.0342. The molecule has 0 bridgehead atoms. The van der Waals surface area contributed by atoms with Gasteiger partial charge in [0.2, 0.25) is 0 Å². The molecule has 5 nitrogen and oxygen atoms in total. The van der Waals surface area contributed by atoms with Crippen LogP contribution in [-0.2, 0) is 0 Å². The summed E-state index contributed by atoms with van der Waals surface area (Å²) in [6.45, 7) is 3.48. The summed E-state index contributed by atoms with van der Waals surface area (Å²) in [6, 6.07) is 4.84. The van der Waals surface area contributed by atoms with Crippen LogP contribution >= 0.6 is 15.9 Å². The predicted molar refractivity (Wildman–Crippen MR) is 69.2 cm³/mol. The van der Waals surface area contributed by atoms with Gasteiger partial charge in [0.25, 0.3) is 5.91 Å². The van der Waals surface area contributed by atoms with Gasteiger partial charge in [0.1, 0.15) is 0 Å². The molecule has 0 saturated carbocycles. The summed E-state index contributed by atoms with van der Waals surface area (Å²) < 4.78 is 0.913. The molecule has 17 heavy (non-hydrogen) atoms. The summed E-state index contributed by atoms with van der Waals surface area (Å²) in [5.74, 6) is -0.290. The monoisotopic (exact) mass is 299 g/mol. The first kappa shape index (κ1) is 13.5. The molecular weight excluding hydrogens is 286 g/mol.